The first-order valence-corrected chi connectivity index (χ1v) is 8.15. The largest absolute Gasteiger partial charge is 0.394 e. The minimum Gasteiger partial charge on any atom is -0.394 e. The molecule has 0 fully saturated rings. The van der Waals surface area contributed by atoms with E-state index in [-0.39, 0.29) is 6.61 Å². The molecule has 0 aliphatic heterocycles. The van der Waals surface area contributed by atoms with Crippen LogP contribution in [0.15, 0.2) is 23.1 Å². The molecule has 0 amide bonds. The van der Waals surface area contributed by atoms with Crippen LogP contribution in [0.1, 0.15) is 37.8 Å². The maximum Gasteiger partial charge on any atom is 0.241 e. The number of hydrogen-bond donors (Lipinski definition) is 2. The number of aliphatic hydroxyl groups excluding tert-OH is 1. The summed E-state index contributed by atoms with van der Waals surface area (Å²) in [6.07, 6.45) is 3.61. The summed E-state index contributed by atoms with van der Waals surface area (Å²) in [6, 6.07) is 5.32. The molecule has 1 aliphatic rings. The van der Waals surface area contributed by atoms with E-state index in [0.29, 0.717) is 11.3 Å². The lowest BCUT2D eigenvalue weighted by molar-refractivity contribution is 0.191. The third-order valence-electron chi connectivity index (χ3n) is 3.89. The Bertz CT molecular complexity index is 562. The van der Waals surface area contributed by atoms with E-state index in [1.54, 1.807) is 19.1 Å². The van der Waals surface area contributed by atoms with Crippen LogP contribution in [-0.2, 0) is 22.9 Å². The van der Waals surface area contributed by atoms with E-state index in [9.17, 15) is 13.5 Å². The van der Waals surface area contributed by atoms with Gasteiger partial charge in [0.15, 0.2) is 0 Å². The van der Waals surface area contributed by atoms with Crippen LogP contribution in [0.25, 0.3) is 0 Å². The van der Waals surface area contributed by atoms with Gasteiger partial charge in [0.25, 0.3) is 0 Å². The predicted molar refractivity (Wildman–Crippen MR) is 74.6 cm³/mol. The summed E-state index contributed by atoms with van der Waals surface area (Å²) in [5.74, 6) is 0. The third-order valence-corrected chi connectivity index (χ3v) is 5.53. The lowest BCUT2D eigenvalue weighted by Crippen LogP contribution is -2.48. The molecule has 1 aromatic carbocycles. The van der Waals surface area contributed by atoms with Gasteiger partial charge in [-0.3, -0.25) is 0 Å². The summed E-state index contributed by atoms with van der Waals surface area (Å²) in [5.41, 5.74) is 1.57. The number of nitrogens with one attached hydrogen (secondary N) is 1. The highest BCUT2D eigenvalue weighted by molar-refractivity contribution is 7.89. The van der Waals surface area contributed by atoms with E-state index in [4.69, 9.17) is 0 Å². The fraction of sp³-hybridized carbons (Fsp3) is 0.571. The number of sulfonamides is 1. The van der Waals surface area contributed by atoms with Gasteiger partial charge < -0.3 is 5.11 Å². The monoisotopic (exact) mass is 283 g/mol. The van der Waals surface area contributed by atoms with Crippen molar-refractivity contribution >= 4 is 10.0 Å². The Morgan fingerprint density at radius 3 is 2.63 bits per heavy atom. The summed E-state index contributed by atoms with van der Waals surface area (Å²) in [5, 5.41) is 9.32. The van der Waals surface area contributed by atoms with Crippen molar-refractivity contribution < 1.29 is 13.5 Å². The zero-order valence-electron chi connectivity index (χ0n) is 11.4. The molecule has 0 radical (unpaired) electrons. The number of benzene rings is 1. The Morgan fingerprint density at radius 1 is 1.32 bits per heavy atom. The standard InChI is InChI=1S/C14H21NO3S/c1-3-14(2,10-16)15-19(17,18)13-8-7-11-5-4-6-12(11)9-13/h7-9,15-16H,3-6,10H2,1-2H3. The zero-order chi connectivity index (χ0) is 14.1. The Morgan fingerprint density at radius 2 is 2.00 bits per heavy atom. The van der Waals surface area contributed by atoms with Gasteiger partial charge in [0.2, 0.25) is 10.0 Å². The van der Waals surface area contributed by atoms with Crippen molar-refractivity contribution in [1.29, 1.82) is 0 Å². The van der Waals surface area contributed by atoms with Crippen LogP contribution < -0.4 is 4.72 Å². The van der Waals surface area contributed by atoms with Crippen LogP contribution in [0.4, 0.5) is 0 Å². The SMILES string of the molecule is CCC(C)(CO)NS(=O)(=O)c1ccc2c(c1)CCC2. The Kier molecular flexibility index (Phi) is 3.99. The third kappa shape index (κ3) is 2.99. The molecular formula is C14H21NO3S. The first-order valence-electron chi connectivity index (χ1n) is 6.67. The molecule has 1 atom stereocenters. The number of fused-ring (bicyclic) bond motifs is 1. The number of aryl methyl sites for hydroxylation is 2. The molecule has 4 nitrogen and oxygen atoms in total. The second-order valence-electron chi connectivity index (χ2n) is 5.46. The molecule has 19 heavy (non-hydrogen) atoms. The molecule has 1 aromatic rings. The van der Waals surface area contributed by atoms with Gasteiger partial charge in [0, 0.05) is 0 Å². The molecule has 0 bridgehead atoms. The molecule has 1 unspecified atom stereocenters. The fourth-order valence-corrected chi connectivity index (χ4v) is 3.84. The van der Waals surface area contributed by atoms with Crippen molar-refractivity contribution in [2.45, 2.75) is 50.0 Å². The average molecular weight is 283 g/mol. The summed E-state index contributed by atoms with van der Waals surface area (Å²) in [4.78, 5) is 0.293. The predicted octanol–water partition coefficient (Wildman–Crippen LogP) is 1.61. The molecule has 2 rings (SSSR count). The quantitative estimate of drug-likeness (QED) is 0.863. The smallest absolute Gasteiger partial charge is 0.241 e. The van der Waals surface area contributed by atoms with E-state index in [2.05, 4.69) is 4.72 Å². The van der Waals surface area contributed by atoms with Crippen molar-refractivity contribution in [2.24, 2.45) is 0 Å². The minimum absolute atomic E-state index is 0.215. The van der Waals surface area contributed by atoms with Gasteiger partial charge in [0.1, 0.15) is 0 Å². The van der Waals surface area contributed by atoms with Crippen LogP contribution in [0.3, 0.4) is 0 Å². The van der Waals surface area contributed by atoms with E-state index < -0.39 is 15.6 Å². The highest BCUT2D eigenvalue weighted by atomic mass is 32.2. The summed E-state index contributed by atoms with van der Waals surface area (Å²) >= 11 is 0. The van der Waals surface area contributed by atoms with E-state index in [1.807, 2.05) is 13.0 Å². The Balaban J connectivity index is 2.30. The molecule has 0 aromatic heterocycles. The van der Waals surface area contributed by atoms with E-state index in [0.717, 1.165) is 24.8 Å². The second kappa shape index (κ2) is 5.23. The van der Waals surface area contributed by atoms with Crippen LogP contribution in [0, 0.1) is 0 Å². The molecule has 106 valence electrons. The summed E-state index contributed by atoms with van der Waals surface area (Å²) < 4.78 is 27.3. The number of aliphatic hydroxyl groups is 1. The average Bonchev–Trinajstić information content (AvgIpc) is 2.85. The van der Waals surface area contributed by atoms with Crippen molar-refractivity contribution in [2.75, 3.05) is 6.61 Å². The zero-order valence-corrected chi connectivity index (χ0v) is 12.3. The fourth-order valence-electron chi connectivity index (χ4n) is 2.31. The Hall–Kier alpha value is -0.910. The Labute approximate surface area is 114 Å². The van der Waals surface area contributed by atoms with Gasteiger partial charge >= 0.3 is 0 Å². The summed E-state index contributed by atoms with van der Waals surface area (Å²) in [6.45, 7) is 3.34. The summed E-state index contributed by atoms with van der Waals surface area (Å²) in [7, 11) is -3.57. The molecule has 1 aliphatic carbocycles. The van der Waals surface area contributed by atoms with Crippen molar-refractivity contribution in [3.8, 4) is 0 Å². The van der Waals surface area contributed by atoms with E-state index in [1.165, 1.54) is 5.56 Å². The lowest BCUT2D eigenvalue weighted by Gasteiger charge is -2.26. The number of hydrogen-bond acceptors (Lipinski definition) is 3. The highest BCUT2D eigenvalue weighted by Gasteiger charge is 2.29. The maximum absolute atomic E-state index is 12.3. The molecule has 0 saturated heterocycles. The molecular weight excluding hydrogens is 262 g/mol. The van der Waals surface area contributed by atoms with Crippen LogP contribution in [0.2, 0.25) is 0 Å². The minimum atomic E-state index is -3.57. The first kappa shape index (κ1) is 14.5. The highest BCUT2D eigenvalue weighted by Crippen LogP contribution is 2.25. The molecule has 5 heteroatoms. The van der Waals surface area contributed by atoms with Crippen LogP contribution in [0.5, 0.6) is 0 Å². The van der Waals surface area contributed by atoms with Crippen molar-refractivity contribution in [3.05, 3.63) is 29.3 Å². The van der Waals surface area contributed by atoms with Crippen LogP contribution >= 0.6 is 0 Å². The number of rotatable bonds is 5. The van der Waals surface area contributed by atoms with Gasteiger partial charge in [-0.05, 0) is 55.9 Å². The maximum atomic E-state index is 12.3. The van der Waals surface area contributed by atoms with Gasteiger partial charge in [-0.1, -0.05) is 13.0 Å². The topological polar surface area (TPSA) is 66.4 Å². The van der Waals surface area contributed by atoms with Gasteiger partial charge in [-0.2, -0.15) is 0 Å². The van der Waals surface area contributed by atoms with Crippen molar-refractivity contribution in [1.82, 2.24) is 4.72 Å². The normalized spacial score (nSPS) is 18.1. The lowest BCUT2D eigenvalue weighted by atomic mass is 10.0. The first-order chi connectivity index (χ1) is 8.90. The van der Waals surface area contributed by atoms with Gasteiger partial charge in [-0.25, -0.2) is 13.1 Å². The molecule has 2 N–H and O–H groups in total. The van der Waals surface area contributed by atoms with Crippen LogP contribution in [-0.4, -0.2) is 25.7 Å². The van der Waals surface area contributed by atoms with Gasteiger partial charge in [0.05, 0.1) is 17.0 Å². The molecule has 0 heterocycles. The molecule has 0 saturated carbocycles. The molecule has 0 spiro atoms. The van der Waals surface area contributed by atoms with Gasteiger partial charge in [-0.15, -0.1) is 0 Å². The van der Waals surface area contributed by atoms with E-state index >= 15 is 0 Å². The van der Waals surface area contributed by atoms with Crippen molar-refractivity contribution in [3.63, 3.8) is 0 Å². The second-order valence-corrected chi connectivity index (χ2v) is 7.14.